The molecular formula is C26H33N5OS. The third-order valence-corrected chi connectivity index (χ3v) is 7.51. The second-order valence-corrected chi connectivity index (χ2v) is 9.40. The van der Waals surface area contributed by atoms with Crippen LogP contribution in [-0.4, -0.2) is 51.9 Å². The number of amides is 1. The van der Waals surface area contributed by atoms with Crippen LogP contribution in [0, 0.1) is 0 Å². The Kier molecular flexibility index (Phi) is 7.73. The summed E-state index contributed by atoms with van der Waals surface area (Å²) in [5.74, 6) is 0.983. The van der Waals surface area contributed by atoms with Crippen molar-refractivity contribution < 1.29 is 4.79 Å². The number of carbonyl (C=O) groups excluding carboxylic acids is 1. The molecule has 3 heterocycles. The Hall–Kier alpha value is -2.77. The van der Waals surface area contributed by atoms with Gasteiger partial charge in [0.05, 0.1) is 18.0 Å². The van der Waals surface area contributed by atoms with Gasteiger partial charge in [-0.2, -0.15) is 0 Å². The summed E-state index contributed by atoms with van der Waals surface area (Å²) in [7, 11) is 0. The third-order valence-electron chi connectivity index (χ3n) is 6.39. The molecule has 0 aliphatic carbocycles. The highest BCUT2D eigenvalue weighted by atomic mass is 32.1. The lowest BCUT2D eigenvalue weighted by molar-refractivity contribution is -0.126. The van der Waals surface area contributed by atoms with E-state index in [0.717, 1.165) is 55.1 Å². The zero-order chi connectivity index (χ0) is 23.2. The molecule has 3 aromatic rings. The molecule has 1 atom stereocenters. The highest BCUT2D eigenvalue weighted by Gasteiger charge is 2.26. The molecule has 1 unspecified atom stereocenters. The van der Waals surface area contributed by atoms with Crippen molar-refractivity contribution in [3.8, 4) is 0 Å². The molecule has 33 heavy (non-hydrogen) atoms. The van der Waals surface area contributed by atoms with Gasteiger partial charge in [0.2, 0.25) is 5.91 Å². The van der Waals surface area contributed by atoms with Gasteiger partial charge in [-0.05, 0) is 37.1 Å². The fourth-order valence-corrected chi connectivity index (χ4v) is 5.59. The minimum Gasteiger partial charge on any atom is -0.363 e. The van der Waals surface area contributed by atoms with E-state index < -0.39 is 0 Å². The van der Waals surface area contributed by atoms with Gasteiger partial charge >= 0.3 is 0 Å². The van der Waals surface area contributed by atoms with Gasteiger partial charge in [0.1, 0.15) is 17.0 Å². The first-order chi connectivity index (χ1) is 16.1. The Labute approximate surface area is 200 Å². The molecule has 1 N–H and O–H groups in total. The second-order valence-electron chi connectivity index (χ2n) is 8.32. The summed E-state index contributed by atoms with van der Waals surface area (Å²) in [5, 5.41) is 4.79. The summed E-state index contributed by atoms with van der Waals surface area (Å²) in [4.78, 5) is 28.4. The maximum atomic E-state index is 12.8. The van der Waals surface area contributed by atoms with E-state index in [1.807, 2.05) is 17.0 Å². The molecule has 4 rings (SSSR count). The summed E-state index contributed by atoms with van der Waals surface area (Å²) in [6.07, 6.45) is 7.15. The molecule has 1 amide bonds. The number of aromatic nitrogens is 2. The molecule has 1 aliphatic heterocycles. The second kappa shape index (κ2) is 10.9. The van der Waals surface area contributed by atoms with E-state index in [-0.39, 0.29) is 11.9 Å². The van der Waals surface area contributed by atoms with Crippen LogP contribution in [0.15, 0.2) is 48.8 Å². The van der Waals surface area contributed by atoms with Crippen molar-refractivity contribution in [1.29, 1.82) is 0 Å². The number of hydrogen-bond donors (Lipinski definition) is 1. The summed E-state index contributed by atoms with van der Waals surface area (Å²) in [6.45, 7) is 10.6. The fraction of sp³-hybridized carbons (Fsp3) is 0.423. The molecule has 0 radical (unpaired) electrons. The molecule has 0 saturated carbocycles. The average molecular weight is 464 g/mol. The predicted molar refractivity (Wildman–Crippen MR) is 137 cm³/mol. The van der Waals surface area contributed by atoms with Crippen molar-refractivity contribution in [2.45, 2.75) is 46.2 Å². The molecule has 1 aromatic carbocycles. The molecule has 0 spiro atoms. The van der Waals surface area contributed by atoms with Crippen molar-refractivity contribution in [1.82, 2.24) is 19.8 Å². The largest absolute Gasteiger partial charge is 0.363 e. The van der Waals surface area contributed by atoms with Crippen molar-refractivity contribution >= 4 is 33.3 Å². The van der Waals surface area contributed by atoms with Gasteiger partial charge in [-0.1, -0.05) is 57.2 Å². The highest BCUT2D eigenvalue weighted by molar-refractivity contribution is 7.19. The molecular weight excluding hydrogens is 430 g/mol. The van der Waals surface area contributed by atoms with Crippen LogP contribution in [0.2, 0.25) is 0 Å². The first-order valence-corrected chi connectivity index (χ1v) is 12.7. The zero-order valence-corrected chi connectivity index (χ0v) is 20.6. The van der Waals surface area contributed by atoms with Crippen LogP contribution in [0.1, 0.15) is 49.2 Å². The standard InChI is InChI=1S/C26H33N5OS/c1-4-21(19-11-8-7-9-12-19)29-25-24-20-14-16-31(17-22(20)33-26(24)28-18-27-25)23(32)13-10-15-30(5-2)6-3/h7-13,18,21H,4-6,14-17H2,1-3H3,(H,27,28,29). The van der Waals surface area contributed by atoms with Crippen LogP contribution in [0.4, 0.5) is 5.82 Å². The number of carbonyl (C=O) groups is 1. The van der Waals surface area contributed by atoms with Crippen molar-refractivity contribution in [3.63, 3.8) is 0 Å². The Morgan fingerprint density at radius 2 is 2.00 bits per heavy atom. The summed E-state index contributed by atoms with van der Waals surface area (Å²) < 4.78 is 0. The van der Waals surface area contributed by atoms with Crippen molar-refractivity contribution in [2.75, 3.05) is 31.5 Å². The molecule has 6 nitrogen and oxygen atoms in total. The fourth-order valence-electron chi connectivity index (χ4n) is 4.39. The van der Waals surface area contributed by atoms with E-state index >= 15 is 0 Å². The smallest absolute Gasteiger partial charge is 0.246 e. The lowest BCUT2D eigenvalue weighted by Crippen LogP contribution is -2.34. The maximum absolute atomic E-state index is 12.8. The van der Waals surface area contributed by atoms with Crippen molar-refractivity contribution in [3.05, 3.63) is 64.8 Å². The summed E-state index contributed by atoms with van der Waals surface area (Å²) in [6, 6.07) is 10.7. The number of rotatable bonds is 9. The normalized spacial score (nSPS) is 14.7. The Bertz CT molecular complexity index is 1110. The van der Waals surface area contributed by atoms with Gasteiger partial charge in [0.25, 0.3) is 0 Å². The number of hydrogen-bond acceptors (Lipinski definition) is 6. The molecule has 0 saturated heterocycles. The Morgan fingerprint density at radius 1 is 1.21 bits per heavy atom. The Morgan fingerprint density at radius 3 is 2.73 bits per heavy atom. The lowest BCUT2D eigenvalue weighted by atomic mass is 10.0. The predicted octanol–water partition coefficient (Wildman–Crippen LogP) is 5.04. The van der Waals surface area contributed by atoms with Gasteiger partial charge < -0.3 is 15.1 Å². The molecule has 0 fully saturated rings. The van der Waals surface area contributed by atoms with E-state index in [9.17, 15) is 4.79 Å². The van der Waals surface area contributed by atoms with E-state index in [1.54, 1.807) is 23.7 Å². The molecule has 2 aromatic heterocycles. The quantitative estimate of drug-likeness (QED) is 0.451. The minimum atomic E-state index is 0.0878. The van der Waals surface area contributed by atoms with E-state index in [4.69, 9.17) is 0 Å². The summed E-state index contributed by atoms with van der Waals surface area (Å²) in [5.41, 5.74) is 2.54. The first-order valence-electron chi connectivity index (χ1n) is 11.9. The molecule has 0 bridgehead atoms. The number of likely N-dealkylation sites (N-methyl/N-ethyl adjacent to an activating group) is 1. The van der Waals surface area contributed by atoms with Crippen LogP contribution >= 0.6 is 11.3 Å². The molecule has 174 valence electrons. The highest BCUT2D eigenvalue weighted by Crippen LogP contribution is 2.38. The first kappa shape index (κ1) is 23.4. The monoisotopic (exact) mass is 463 g/mol. The number of nitrogens with one attached hydrogen (secondary N) is 1. The number of benzene rings is 1. The number of thiophene rings is 1. The van der Waals surface area contributed by atoms with Gasteiger partial charge in [-0.25, -0.2) is 9.97 Å². The van der Waals surface area contributed by atoms with E-state index in [2.05, 4.69) is 65.2 Å². The lowest BCUT2D eigenvalue weighted by Gasteiger charge is -2.26. The molecule has 1 aliphatic rings. The van der Waals surface area contributed by atoms with E-state index in [1.165, 1.54) is 16.0 Å². The van der Waals surface area contributed by atoms with Crippen molar-refractivity contribution in [2.24, 2.45) is 0 Å². The SMILES string of the molecule is CCC(Nc1ncnc2sc3c(c12)CCN(C(=O)C=CCN(CC)CC)C3)c1ccccc1. The third kappa shape index (κ3) is 5.25. The van der Waals surface area contributed by atoms with E-state index in [0.29, 0.717) is 6.54 Å². The van der Waals surface area contributed by atoms with Gasteiger partial charge in [0.15, 0.2) is 0 Å². The summed E-state index contributed by atoms with van der Waals surface area (Å²) >= 11 is 1.68. The Balaban J connectivity index is 1.52. The van der Waals surface area contributed by atoms with Crippen LogP contribution in [0.5, 0.6) is 0 Å². The zero-order valence-electron chi connectivity index (χ0n) is 19.8. The average Bonchev–Trinajstić information content (AvgIpc) is 3.24. The number of fused-ring (bicyclic) bond motifs is 3. The molecule has 7 heteroatoms. The number of nitrogens with zero attached hydrogens (tertiary/aromatic N) is 4. The van der Waals surface area contributed by atoms with Crippen LogP contribution in [-0.2, 0) is 17.8 Å². The minimum absolute atomic E-state index is 0.0878. The van der Waals surface area contributed by atoms with Gasteiger partial charge in [-0.15, -0.1) is 11.3 Å². The van der Waals surface area contributed by atoms with Gasteiger partial charge in [-0.3, -0.25) is 4.79 Å². The van der Waals surface area contributed by atoms with Gasteiger partial charge in [0, 0.05) is 24.0 Å². The van der Waals surface area contributed by atoms with Crippen LogP contribution < -0.4 is 5.32 Å². The number of anilines is 1. The van der Waals surface area contributed by atoms with Crippen LogP contribution in [0.3, 0.4) is 0 Å². The maximum Gasteiger partial charge on any atom is 0.246 e. The van der Waals surface area contributed by atoms with Crippen LogP contribution in [0.25, 0.3) is 10.2 Å². The topological polar surface area (TPSA) is 61.4 Å².